The number of nitrogens with one attached hydrogen (secondary N) is 3. The summed E-state index contributed by atoms with van der Waals surface area (Å²) in [7, 11) is 3.34. The molecule has 1 aromatic heterocycles. The molecule has 0 aliphatic rings. The molecule has 2 aromatic carbocycles. The van der Waals surface area contributed by atoms with Crippen LogP contribution in [0.5, 0.6) is 0 Å². The molecule has 10 heteroatoms. The average molecular weight is 481 g/mol. The first kappa shape index (κ1) is 25.6. The number of aromatic nitrogens is 2. The van der Waals surface area contributed by atoms with E-state index in [9.17, 15) is 9.18 Å². The van der Waals surface area contributed by atoms with Crippen LogP contribution in [0.1, 0.15) is 0 Å². The molecule has 0 radical (unpaired) electrons. The van der Waals surface area contributed by atoms with Gasteiger partial charge in [-0.05, 0) is 48.5 Å². The van der Waals surface area contributed by atoms with Crippen molar-refractivity contribution in [2.45, 2.75) is 0 Å². The number of hydrogen-bond acceptors (Lipinski definition) is 8. The number of halogens is 1. The van der Waals surface area contributed by atoms with Gasteiger partial charge in [-0.15, -0.1) is 0 Å². The van der Waals surface area contributed by atoms with Crippen molar-refractivity contribution in [2.75, 3.05) is 61.4 Å². The SMILES string of the molecule is C=CC(=O)Nc1cccc(Nc2nc(Nc3ccc(N(CCOC)CCOC)cc3)ncc2F)c1. The lowest BCUT2D eigenvalue weighted by Gasteiger charge is -2.24. The summed E-state index contributed by atoms with van der Waals surface area (Å²) < 4.78 is 24.8. The molecule has 3 N–H and O–H groups in total. The number of rotatable bonds is 13. The van der Waals surface area contributed by atoms with Crippen LogP contribution < -0.4 is 20.9 Å². The molecule has 35 heavy (non-hydrogen) atoms. The zero-order valence-corrected chi connectivity index (χ0v) is 19.8. The van der Waals surface area contributed by atoms with Gasteiger partial charge in [-0.2, -0.15) is 4.98 Å². The van der Waals surface area contributed by atoms with E-state index >= 15 is 0 Å². The maximum atomic E-state index is 14.4. The largest absolute Gasteiger partial charge is 0.383 e. The average Bonchev–Trinajstić information content (AvgIpc) is 2.87. The minimum atomic E-state index is -0.613. The van der Waals surface area contributed by atoms with Crippen LogP contribution in [-0.2, 0) is 14.3 Å². The third-order valence-electron chi connectivity index (χ3n) is 4.94. The van der Waals surface area contributed by atoms with E-state index in [2.05, 4.69) is 37.4 Å². The van der Waals surface area contributed by atoms with Crippen molar-refractivity contribution in [1.82, 2.24) is 9.97 Å². The number of methoxy groups -OCH3 is 2. The number of ether oxygens (including phenoxy) is 2. The van der Waals surface area contributed by atoms with Gasteiger partial charge in [0.1, 0.15) is 0 Å². The van der Waals surface area contributed by atoms with Crippen LogP contribution in [0.25, 0.3) is 0 Å². The summed E-state index contributed by atoms with van der Waals surface area (Å²) in [4.78, 5) is 22.0. The van der Waals surface area contributed by atoms with Gasteiger partial charge in [0.05, 0.1) is 19.4 Å². The van der Waals surface area contributed by atoms with Crippen molar-refractivity contribution < 1.29 is 18.7 Å². The molecule has 184 valence electrons. The Kier molecular flexibility index (Phi) is 9.52. The first-order chi connectivity index (χ1) is 17.0. The molecule has 3 rings (SSSR count). The molecule has 0 atom stereocenters. The van der Waals surface area contributed by atoms with E-state index in [1.165, 1.54) is 6.08 Å². The summed E-state index contributed by atoms with van der Waals surface area (Å²) in [5.41, 5.74) is 2.86. The summed E-state index contributed by atoms with van der Waals surface area (Å²) in [5.74, 6) is -0.725. The summed E-state index contributed by atoms with van der Waals surface area (Å²) in [6.45, 7) is 6.11. The van der Waals surface area contributed by atoms with E-state index in [0.29, 0.717) is 24.6 Å². The number of carbonyl (C=O) groups excluding carboxylic acids is 1. The molecule has 0 aliphatic carbocycles. The fourth-order valence-electron chi connectivity index (χ4n) is 3.18. The Morgan fingerprint density at radius 2 is 1.71 bits per heavy atom. The normalized spacial score (nSPS) is 10.5. The summed E-state index contributed by atoms with van der Waals surface area (Å²) >= 11 is 0. The Bertz CT molecular complexity index is 1120. The van der Waals surface area contributed by atoms with E-state index in [4.69, 9.17) is 9.47 Å². The second-order valence-corrected chi connectivity index (χ2v) is 7.43. The molecular weight excluding hydrogens is 451 g/mol. The van der Waals surface area contributed by atoms with E-state index < -0.39 is 5.82 Å². The Morgan fingerprint density at radius 3 is 2.37 bits per heavy atom. The maximum absolute atomic E-state index is 14.4. The molecule has 0 saturated carbocycles. The monoisotopic (exact) mass is 480 g/mol. The highest BCUT2D eigenvalue weighted by atomic mass is 19.1. The van der Waals surface area contributed by atoms with Gasteiger partial charge in [-0.25, -0.2) is 9.37 Å². The summed E-state index contributed by atoms with van der Waals surface area (Å²) in [5, 5.41) is 8.67. The Hall–Kier alpha value is -4.02. The summed E-state index contributed by atoms with van der Waals surface area (Å²) in [6, 6.07) is 14.6. The zero-order valence-electron chi connectivity index (χ0n) is 19.8. The highest BCUT2D eigenvalue weighted by Crippen LogP contribution is 2.24. The maximum Gasteiger partial charge on any atom is 0.247 e. The number of hydrogen-bond donors (Lipinski definition) is 3. The number of benzene rings is 2. The van der Waals surface area contributed by atoms with Crippen molar-refractivity contribution in [3.8, 4) is 0 Å². The van der Waals surface area contributed by atoms with Crippen molar-refractivity contribution >= 4 is 40.4 Å². The van der Waals surface area contributed by atoms with Crippen LogP contribution in [-0.4, -0.2) is 56.4 Å². The lowest BCUT2D eigenvalue weighted by molar-refractivity contribution is -0.111. The van der Waals surface area contributed by atoms with Crippen LogP contribution in [0.2, 0.25) is 0 Å². The van der Waals surface area contributed by atoms with Crippen LogP contribution in [0.3, 0.4) is 0 Å². The third-order valence-corrected chi connectivity index (χ3v) is 4.94. The van der Waals surface area contributed by atoms with Gasteiger partial charge in [0.15, 0.2) is 11.6 Å². The van der Waals surface area contributed by atoms with Crippen LogP contribution in [0, 0.1) is 5.82 Å². The predicted molar refractivity (Wildman–Crippen MR) is 136 cm³/mol. The van der Waals surface area contributed by atoms with Gasteiger partial charge in [-0.3, -0.25) is 4.79 Å². The second-order valence-electron chi connectivity index (χ2n) is 7.43. The van der Waals surface area contributed by atoms with Crippen LogP contribution in [0.15, 0.2) is 67.4 Å². The molecule has 0 bridgehead atoms. The molecule has 1 heterocycles. The molecule has 0 aliphatic heterocycles. The Labute approximate surface area is 204 Å². The first-order valence-corrected chi connectivity index (χ1v) is 11.0. The highest BCUT2D eigenvalue weighted by Gasteiger charge is 2.10. The fourth-order valence-corrected chi connectivity index (χ4v) is 3.18. The second kappa shape index (κ2) is 13.0. The van der Waals surface area contributed by atoms with Gasteiger partial charge in [0.2, 0.25) is 11.9 Å². The zero-order chi connectivity index (χ0) is 25.0. The van der Waals surface area contributed by atoms with Gasteiger partial charge in [0.25, 0.3) is 0 Å². The van der Waals surface area contributed by atoms with Gasteiger partial charge in [0, 0.05) is 50.1 Å². The smallest absolute Gasteiger partial charge is 0.247 e. The van der Waals surface area contributed by atoms with E-state index in [1.807, 2.05) is 24.3 Å². The van der Waals surface area contributed by atoms with Crippen LogP contribution in [0.4, 0.5) is 38.9 Å². The third kappa shape index (κ3) is 7.76. The van der Waals surface area contributed by atoms with E-state index in [1.54, 1.807) is 38.5 Å². The molecule has 0 fully saturated rings. The molecule has 3 aromatic rings. The quantitative estimate of drug-likeness (QED) is 0.311. The fraction of sp³-hybridized carbons (Fsp3) is 0.240. The number of anilines is 6. The lowest BCUT2D eigenvalue weighted by atomic mass is 10.2. The van der Waals surface area contributed by atoms with Crippen molar-refractivity contribution in [3.63, 3.8) is 0 Å². The standard InChI is InChI=1S/C25H29FN6O3/c1-4-23(33)28-19-6-5-7-20(16-19)29-24-22(26)17-27-25(31-24)30-18-8-10-21(11-9-18)32(12-14-34-2)13-15-35-3/h4-11,16-17H,1,12-15H2,2-3H3,(H,28,33)(H2,27,29,30,31). The van der Waals surface area contributed by atoms with Gasteiger partial charge < -0.3 is 30.3 Å². The highest BCUT2D eigenvalue weighted by molar-refractivity contribution is 5.99. The molecule has 0 unspecified atom stereocenters. The minimum absolute atomic E-state index is 0.00313. The topological polar surface area (TPSA) is 101 Å². The Balaban J connectivity index is 1.70. The van der Waals surface area contributed by atoms with Crippen molar-refractivity contribution in [3.05, 3.63) is 73.2 Å². The van der Waals surface area contributed by atoms with Crippen molar-refractivity contribution in [1.29, 1.82) is 0 Å². The van der Waals surface area contributed by atoms with Gasteiger partial charge in [-0.1, -0.05) is 12.6 Å². The minimum Gasteiger partial charge on any atom is -0.383 e. The number of carbonyl (C=O) groups is 1. The molecular formula is C25H29FN6O3. The first-order valence-electron chi connectivity index (χ1n) is 11.0. The van der Waals surface area contributed by atoms with Gasteiger partial charge >= 0.3 is 0 Å². The lowest BCUT2D eigenvalue weighted by Crippen LogP contribution is -2.30. The molecule has 1 amide bonds. The van der Waals surface area contributed by atoms with Crippen LogP contribution >= 0.6 is 0 Å². The molecule has 0 spiro atoms. The summed E-state index contributed by atoms with van der Waals surface area (Å²) in [6.07, 6.45) is 2.26. The number of amides is 1. The van der Waals surface area contributed by atoms with Crippen molar-refractivity contribution in [2.24, 2.45) is 0 Å². The Morgan fingerprint density at radius 1 is 1.03 bits per heavy atom. The van der Waals surface area contributed by atoms with E-state index in [0.717, 1.165) is 30.7 Å². The predicted octanol–water partition coefficient (Wildman–Crippen LogP) is 4.33. The molecule has 0 saturated heterocycles. The van der Waals surface area contributed by atoms with E-state index in [-0.39, 0.29) is 17.7 Å². The molecule has 9 nitrogen and oxygen atoms in total. The number of nitrogens with zero attached hydrogens (tertiary/aromatic N) is 3.